The summed E-state index contributed by atoms with van der Waals surface area (Å²) in [6, 6.07) is 5.54. The largest absolute Gasteiger partial charge is 0.508 e. The van der Waals surface area contributed by atoms with Crippen LogP contribution in [0.3, 0.4) is 0 Å². The smallest absolute Gasteiger partial charge is 0.418 e. The molecule has 1 aromatic rings. The summed E-state index contributed by atoms with van der Waals surface area (Å²) < 4.78 is 45.3. The van der Waals surface area contributed by atoms with E-state index in [9.17, 15) is 18.3 Å². The first-order chi connectivity index (χ1) is 12.1. The van der Waals surface area contributed by atoms with Gasteiger partial charge in [-0.3, -0.25) is 0 Å². The summed E-state index contributed by atoms with van der Waals surface area (Å²) in [5, 5.41) is 11.0. The van der Waals surface area contributed by atoms with Crippen LogP contribution in [0.2, 0.25) is 18.1 Å². The number of phenols is 1. The quantitative estimate of drug-likeness (QED) is 0.352. The number of benzene rings is 1. The zero-order valence-corrected chi connectivity index (χ0v) is 19.1. The van der Waals surface area contributed by atoms with E-state index in [1.54, 1.807) is 19.1 Å². The maximum atomic E-state index is 13.8. The Balaban J connectivity index is 2.35. The van der Waals surface area contributed by atoms with Gasteiger partial charge in [-0.05, 0) is 42.4 Å². The van der Waals surface area contributed by atoms with E-state index in [1.165, 1.54) is 17.1 Å². The molecule has 1 aromatic carbocycles. The number of nitrogens with one attached hydrogen (secondary N) is 1. The van der Waals surface area contributed by atoms with Gasteiger partial charge in [-0.1, -0.05) is 43.6 Å². The molecule has 0 radical (unpaired) electrons. The molecule has 9 heteroatoms. The number of aromatic hydroxyl groups is 1. The average Bonchev–Trinajstić information content (AvgIpc) is 2.78. The van der Waals surface area contributed by atoms with Crippen LogP contribution in [0.1, 0.15) is 27.7 Å². The first-order valence-corrected chi connectivity index (χ1v) is 12.6. The van der Waals surface area contributed by atoms with Gasteiger partial charge in [0.15, 0.2) is 12.8 Å². The van der Waals surface area contributed by atoms with E-state index in [0.717, 1.165) is 0 Å². The van der Waals surface area contributed by atoms with Gasteiger partial charge in [0.1, 0.15) is 5.75 Å². The van der Waals surface area contributed by atoms with E-state index in [0.29, 0.717) is 5.69 Å². The molecule has 2 rings (SSSR count). The molecule has 0 spiro atoms. The minimum atomic E-state index is -4.49. The van der Waals surface area contributed by atoms with Crippen molar-refractivity contribution in [1.82, 2.24) is 5.43 Å². The predicted molar refractivity (Wildman–Crippen MR) is 108 cm³/mol. The van der Waals surface area contributed by atoms with Gasteiger partial charge in [-0.2, -0.15) is 13.2 Å². The Morgan fingerprint density at radius 1 is 1.22 bits per heavy atom. The first kappa shape index (κ1) is 22.5. The molecular weight excluding hydrogens is 441 g/mol. The number of anilines is 1. The summed E-state index contributed by atoms with van der Waals surface area (Å²) in [5.41, 5.74) is 3.13. The number of halogens is 4. The molecule has 1 aliphatic rings. The summed E-state index contributed by atoms with van der Waals surface area (Å²) in [5.74, 6) is -0.753. The summed E-state index contributed by atoms with van der Waals surface area (Å²) in [7, 11) is -2.12. The molecule has 0 bridgehead atoms. The van der Waals surface area contributed by atoms with Gasteiger partial charge in [0.25, 0.3) is 0 Å². The van der Waals surface area contributed by atoms with Crippen LogP contribution in [0, 0.1) is 5.92 Å². The lowest BCUT2D eigenvalue weighted by molar-refractivity contribution is -0.170. The maximum Gasteiger partial charge on any atom is 0.418 e. The number of hydrogen-bond acceptors (Lipinski definition) is 4. The van der Waals surface area contributed by atoms with Crippen LogP contribution in [0.4, 0.5) is 18.9 Å². The molecule has 1 unspecified atom stereocenters. The lowest BCUT2D eigenvalue weighted by atomic mass is 9.96. The van der Waals surface area contributed by atoms with Crippen LogP contribution in [0.5, 0.6) is 5.75 Å². The highest BCUT2D eigenvalue weighted by molar-refractivity contribution is 9.10. The lowest BCUT2D eigenvalue weighted by Crippen LogP contribution is -2.53. The molecule has 1 aliphatic heterocycles. The lowest BCUT2D eigenvalue weighted by Gasteiger charge is -2.38. The average molecular weight is 469 g/mol. The molecule has 0 aliphatic carbocycles. The summed E-state index contributed by atoms with van der Waals surface area (Å²) in [4.78, 5) is 0. The molecule has 3 atom stereocenters. The van der Waals surface area contributed by atoms with Crippen LogP contribution in [-0.2, 0) is 4.43 Å². The van der Waals surface area contributed by atoms with E-state index in [2.05, 4.69) is 55.2 Å². The van der Waals surface area contributed by atoms with Gasteiger partial charge >= 0.3 is 6.18 Å². The maximum absolute atomic E-state index is 13.8. The minimum absolute atomic E-state index is 0.0405. The van der Waals surface area contributed by atoms with E-state index < -0.39 is 30.9 Å². The van der Waals surface area contributed by atoms with Crippen LogP contribution >= 0.6 is 15.9 Å². The Morgan fingerprint density at radius 2 is 1.74 bits per heavy atom. The van der Waals surface area contributed by atoms with Gasteiger partial charge in [-0.15, -0.1) is 0 Å². The SMILES string of the molecule is C[C@H]1[C@H](CO[Si](C)(C)C(C)(C)C)N(c2ccc(O)cc2)NC1(Br)C(F)(F)F. The van der Waals surface area contributed by atoms with Crippen molar-refractivity contribution >= 4 is 29.9 Å². The standard InChI is InChI=1S/C18H28BrF3N2O2Si/c1-12-15(11-26-27(5,6)16(2,3)4)24(13-7-9-14(25)10-8-13)23-17(12,19)18(20,21)22/h7-10,12,15,23,25H,11H2,1-6H3/t12-,15-,17?/m0/s1. The van der Waals surface area contributed by atoms with Crippen molar-refractivity contribution in [2.24, 2.45) is 5.92 Å². The summed E-state index contributed by atoms with van der Waals surface area (Å²) >= 11 is 2.91. The van der Waals surface area contributed by atoms with Crippen molar-refractivity contribution in [1.29, 1.82) is 0 Å². The van der Waals surface area contributed by atoms with Crippen LogP contribution in [-0.4, -0.2) is 36.7 Å². The number of hydrazine groups is 1. The Morgan fingerprint density at radius 3 is 2.19 bits per heavy atom. The van der Waals surface area contributed by atoms with Gasteiger partial charge in [0, 0.05) is 5.92 Å². The molecule has 154 valence electrons. The molecule has 2 N–H and O–H groups in total. The second-order valence-electron chi connectivity index (χ2n) is 8.64. The zero-order valence-electron chi connectivity index (χ0n) is 16.5. The van der Waals surface area contributed by atoms with Crippen LogP contribution in [0.25, 0.3) is 0 Å². The van der Waals surface area contributed by atoms with E-state index in [4.69, 9.17) is 4.43 Å². The second-order valence-corrected chi connectivity index (χ2v) is 14.7. The van der Waals surface area contributed by atoms with Crippen molar-refractivity contribution in [2.45, 2.75) is 62.5 Å². The van der Waals surface area contributed by atoms with E-state index >= 15 is 0 Å². The first-order valence-electron chi connectivity index (χ1n) is 8.86. The van der Waals surface area contributed by atoms with Gasteiger partial charge in [-0.25, -0.2) is 5.43 Å². The predicted octanol–water partition coefficient (Wildman–Crippen LogP) is 5.40. The van der Waals surface area contributed by atoms with Crippen molar-refractivity contribution < 1.29 is 22.7 Å². The van der Waals surface area contributed by atoms with Crippen molar-refractivity contribution in [3.05, 3.63) is 24.3 Å². The fraction of sp³-hybridized carbons (Fsp3) is 0.667. The third-order valence-corrected chi connectivity index (χ3v) is 11.6. The molecule has 0 amide bonds. The molecule has 1 heterocycles. The highest BCUT2D eigenvalue weighted by Gasteiger charge is 2.64. The van der Waals surface area contributed by atoms with Gasteiger partial charge in [0.2, 0.25) is 0 Å². The number of nitrogens with zero attached hydrogens (tertiary/aromatic N) is 1. The zero-order chi connectivity index (χ0) is 20.8. The second kappa shape index (κ2) is 7.24. The highest BCUT2D eigenvalue weighted by Crippen LogP contribution is 2.49. The Labute approximate surface area is 168 Å². The molecule has 0 saturated carbocycles. The van der Waals surface area contributed by atoms with Crippen molar-refractivity contribution in [3.8, 4) is 5.75 Å². The van der Waals surface area contributed by atoms with Gasteiger partial charge < -0.3 is 14.5 Å². The Kier molecular flexibility index (Phi) is 6.04. The fourth-order valence-electron chi connectivity index (χ4n) is 2.77. The van der Waals surface area contributed by atoms with Crippen molar-refractivity contribution in [2.75, 3.05) is 11.6 Å². The minimum Gasteiger partial charge on any atom is -0.508 e. The monoisotopic (exact) mass is 468 g/mol. The Hall–Kier alpha value is -0.773. The summed E-state index contributed by atoms with van der Waals surface area (Å²) in [6.45, 7) is 12.2. The molecule has 27 heavy (non-hydrogen) atoms. The molecule has 1 saturated heterocycles. The number of alkyl halides is 4. The number of rotatable bonds is 4. The normalized spacial score (nSPS) is 27.3. The van der Waals surface area contributed by atoms with Crippen molar-refractivity contribution in [3.63, 3.8) is 0 Å². The molecule has 0 aromatic heterocycles. The third-order valence-electron chi connectivity index (χ3n) is 5.78. The van der Waals surface area contributed by atoms with E-state index in [1.807, 2.05) is 0 Å². The van der Waals surface area contributed by atoms with Crippen LogP contribution < -0.4 is 10.4 Å². The number of phenolic OH excluding ortho intramolecular Hbond substituents is 1. The molecular formula is C18H28BrF3N2O2Si. The fourth-order valence-corrected chi connectivity index (χ4v) is 4.29. The summed E-state index contributed by atoms with van der Waals surface area (Å²) in [6.07, 6.45) is -4.49. The molecule has 1 fully saturated rings. The van der Waals surface area contributed by atoms with Gasteiger partial charge in [0.05, 0.1) is 18.3 Å². The molecule has 4 nitrogen and oxygen atoms in total. The van der Waals surface area contributed by atoms with Crippen LogP contribution in [0.15, 0.2) is 24.3 Å². The van der Waals surface area contributed by atoms with E-state index in [-0.39, 0.29) is 17.4 Å². The number of hydrogen-bond donors (Lipinski definition) is 2. The topological polar surface area (TPSA) is 44.7 Å². The Bertz CT molecular complexity index is 664. The highest BCUT2D eigenvalue weighted by atomic mass is 79.9. The third kappa shape index (κ3) is 4.30.